The number of aryl methyl sites for hydroxylation is 1. The fourth-order valence-electron chi connectivity index (χ4n) is 1.72. The van der Waals surface area contributed by atoms with Crippen molar-refractivity contribution in [2.75, 3.05) is 29.5 Å². The first-order chi connectivity index (χ1) is 6.75. The number of rotatable bonds is 1. The summed E-state index contributed by atoms with van der Waals surface area (Å²) in [5.74, 6) is 2.51. The van der Waals surface area contributed by atoms with Crippen molar-refractivity contribution in [3.05, 3.63) is 28.2 Å². The summed E-state index contributed by atoms with van der Waals surface area (Å²) in [7, 11) is 0. The lowest BCUT2D eigenvalue weighted by Gasteiger charge is -2.28. The Bertz CT molecular complexity index is 301. The van der Waals surface area contributed by atoms with Crippen molar-refractivity contribution in [3.8, 4) is 0 Å². The van der Waals surface area contributed by atoms with Crippen LogP contribution in [0.4, 0.5) is 5.69 Å². The number of anilines is 1. The molecule has 0 aromatic heterocycles. The van der Waals surface area contributed by atoms with Crippen molar-refractivity contribution in [1.29, 1.82) is 0 Å². The van der Waals surface area contributed by atoms with E-state index in [2.05, 4.69) is 46.0 Å². The molecule has 0 aliphatic carbocycles. The van der Waals surface area contributed by atoms with Crippen molar-refractivity contribution < 1.29 is 0 Å². The molecule has 0 saturated carbocycles. The zero-order valence-electron chi connectivity index (χ0n) is 8.29. The summed E-state index contributed by atoms with van der Waals surface area (Å²) >= 11 is 5.60. The Morgan fingerprint density at radius 1 is 1.21 bits per heavy atom. The van der Waals surface area contributed by atoms with E-state index in [0.717, 1.165) is 0 Å². The van der Waals surface area contributed by atoms with E-state index in [0.29, 0.717) is 0 Å². The van der Waals surface area contributed by atoms with Gasteiger partial charge in [0.15, 0.2) is 0 Å². The van der Waals surface area contributed by atoms with Gasteiger partial charge in [0.25, 0.3) is 0 Å². The summed E-state index contributed by atoms with van der Waals surface area (Å²) in [5, 5.41) is 0. The van der Waals surface area contributed by atoms with Crippen LogP contribution in [-0.2, 0) is 0 Å². The van der Waals surface area contributed by atoms with Crippen LogP contribution in [0.1, 0.15) is 5.56 Å². The van der Waals surface area contributed by atoms with Crippen LogP contribution in [0.3, 0.4) is 0 Å². The lowest BCUT2D eigenvalue weighted by Crippen LogP contribution is -2.32. The Kier molecular flexibility index (Phi) is 3.39. The smallest absolute Gasteiger partial charge is 0.0380 e. The summed E-state index contributed by atoms with van der Waals surface area (Å²) in [6, 6.07) is 6.63. The molecule has 1 nitrogen and oxygen atoms in total. The fourth-order valence-corrected chi connectivity index (χ4v) is 3.22. The summed E-state index contributed by atoms with van der Waals surface area (Å²) < 4.78 is 1.19. The van der Waals surface area contributed by atoms with Gasteiger partial charge in [-0.1, -0.05) is 15.9 Å². The van der Waals surface area contributed by atoms with E-state index >= 15 is 0 Å². The maximum absolute atomic E-state index is 3.55. The molecule has 1 aromatic rings. The molecule has 1 aliphatic heterocycles. The molecule has 0 N–H and O–H groups in total. The molecule has 14 heavy (non-hydrogen) atoms. The standard InChI is InChI=1S/C11H14BrNS/c1-9-6-10(12)8-11(7-9)13-2-4-14-5-3-13/h6-8H,2-5H2,1H3. The van der Waals surface area contributed by atoms with Crippen LogP contribution in [0.25, 0.3) is 0 Å². The van der Waals surface area contributed by atoms with Crippen LogP contribution in [0.15, 0.2) is 22.7 Å². The SMILES string of the molecule is Cc1cc(Br)cc(N2CCSCC2)c1. The van der Waals surface area contributed by atoms with Crippen molar-refractivity contribution in [2.45, 2.75) is 6.92 Å². The van der Waals surface area contributed by atoms with Crippen molar-refractivity contribution in [3.63, 3.8) is 0 Å². The Morgan fingerprint density at radius 3 is 2.57 bits per heavy atom. The van der Waals surface area contributed by atoms with E-state index in [1.807, 2.05) is 11.8 Å². The van der Waals surface area contributed by atoms with Gasteiger partial charge >= 0.3 is 0 Å². The Labute approximate surface area is 98.0 Å². The van der Waals surface area contributed by atoms with Gasteiger partial charge in [-0.25, -0.2) is 0 Å². The first-order valence-corrected chi connectivity index (χ1v) is 6.80. The molecule has 3 heteroatoms. The molecule has 0 radical (unpaired) electrons. The molecule has 0 amide bonds. The summed E-state index contributed by atoms with van der Waals surface area (Å²) in [6.07, 6.45) is 0. The summed E-state index contributed by atoms with van der Waals surface area (Å²) in [5.41, 5.74) is 2.68. The first-order valence-electron chi connectivity index (χ1n) is 4.85. The van der Waals surface area contributed by atoms with Crippen molar-refractivity contribution in [1.82, 2.24) is 0 Å². The summed E-state index contributed by atoms with van der Waals surface area (Å²) in [4.78, 5) is 2.47. The average Bonchev–Trinajstić information content (AvgIpc) is 2.18. The molecule has 0 unspecified atom stereocenters. The summed E-state index contributed by atoms with van der Waals surface area (Å²) in [6.45, 7) is 4.51. The highest BCUT2D eigenvalue weighted by Gasteiger charge is 2.11. The second-order valence-electron chi connectivity index (χ2n) is 3.59. The highest BCUT2D eigenvalue weighted by atomic mass is 79.9. The predicted molar refractivity (Wildman–Crippen MR) is 68.4 cm³/mol. The van der Waals surface area contributed by atoms with Gasteiger partial charge in [0.2, 0.25) is 0 Å². The minimum absolute atomic E-state index is 1.18. The van der Waals surface area contributed by atoms with E-state index in [-0.39, 0.29) is 0 Å². The number of thioether (sulfide) groups is 1. The van der Waals surface area contributed by atoms with Gasteiger partial charge in [0.05, 0.1) is 0 Å². The van der Waals surface area contributed by atoms with Gasteiger partial charge in [-0.05, 0) is 30.7 Å². The van der Waals surface area contributed by atoms with Gasteiger partial charge < -0.3 is 4.90 Å². The zero-order chi connectivity index (χ0) is 9.97. The highest BCUT2D eigenvalue weighted by Crippen LogP contribution is 2.24. The number of hydrogen-bond donors (Lipinski definition) is 0. The molecule has 1 heterocycles. The second-order valence-corrected chi connectivity index (χ2v) is 5.73. The van der Waals surface area contributed by atoms with Gasteiger partial charge in [-0.15, -0.1) is 0 Å². The third-order valence-corrected chi connectivity index (χ3v) is 3.80. The maximum Gasteiger partial charge on any atom is 0.0380 e. The molecule has 1 fully saturated rings. The first kappa shape index (κ1) is 10.4. The molecular formula is C11H14BrNS. The number of halogens is 1. The van der Waals surface area contributed by atoms with Crippen LogP contribution in [0.5, 0.6) is 0 Å². The van der Waals surface area contributed by atoms with Crippen molar-refractivity contribution in [2.24, 2.45) is 0 Å². The normalized spacial score (nSPS) is 17.1. The second kappa shape index (κ2) is 4.58. The topological polar surface area (TPSA) is 3.24 Å². The zero-order valence-corrected chi connectivity index (χ0v) is 10.7. The molecular weight excluding hydrogens is 258 g/mol. The molecule has 0 bridgehead atoms. The molecule has 0 spiro atoms. The van der Waals surface area contributed by atoms with Gasteiger partial charge in [-0.3, -0.25) is 0 Å². The van der Waals surface area contributed by atoms with Crippen LogP contribution in [0, 0.1) is 6.92 Å². The minimum Gasteiger partial charge on any atom is -0.370 e. The molecule has 76 valence electrons. The van der Waals surface area contributed by atoms with E-state index in [1.54, 1.807) is 0 Å². The highest BCUT2D eigenvalue weighted by molar-refractivity contribution is 9.10. The lowest BCUT2D eigenvalue weighted by molar-refractivity contribution is 0.857. The van der Waals surface area contributed by atoms with E-state index in [4.69, 9.17) is 0 Å². The van der Waals surface area contributed by atoms with Gasteiger partial charge in [-0.2, -0.15) is 11.8 Å². The fraction of sp³-hybridized carbons (Fsp3) is 0.455. The number of benzene rings is 1. The van der Waals surface area contributed by atoms with E-state index in [1.165, 1.54) is 40.3 Å². The molecule has 1 saturated heterocycles. The Balaban J connectivity index is 2.21. The quantitative estimate of drug-likeness (QED) is 0.771. The molecule has 1 aromatic carbocycles. The average molecular weight is 272 g/mol. The Morgan fingerprint density at radius 2 is 1.93 bits per heavy atom. The van der Waals surface area contributed by atoms with Crippen LogP contribution in [0.2, 0.25) is 0 Å². The van der Waals surface area contributed by atoms with E-state index < -0.39 is 0 Å². The number of hydrogen-bond acceptors (Lipinski definition) is 2. The minimum atomic E-state index is 1.18. The van der Waals surface area contributed by atoms with Crippen LogP contribution in [-0.4, -0.2) is 24.6 Å². The van der Waals surface area contributed by atoms with Crippen LogP contribution < -0.4 is 4.90 Å². The molecule has 1 aliphatic rings. The van der Waals surface area contributed by atoms with Gasteiger partial charge in [0, 0.05) is 34.8 Å². The molecule has 2 rings (SSSR count). The Hall–Kier alpha value is -0.150. The maximum atomic E-state index is 3.55. The number of nitrogens with zero attached hydrogens (tertiary/aromatic N) is 1. The van der Waals surface area contributed by atoms with Crippen molar-refractivity contribution >= 4 is 33.4 Å². The molecule has 0 atom stereocenters. The monoisotopic (exact) mass is 271 g/mol. The lowest BCUT2D eigenvalue weighted by atomic mass is 10.2. The largest absolute Gasteiger partial charge is 0.370 e. The predicted octanol–water partition coefficient (Wildman–Crippen LogP) is 3.31. The third kappa shape index (κ3) is 2.45. The third-order valence-electron chi connectivity index (χ3n) is 2.40. The van der Waals surface area contributed by atoms with E-state index in [9.17, 15) is 0 Å². The van der Waals surface area contributed by atoms with Crippen LogP contribution >= 0.6 is 27.7 Å². The van der Waals surface area contributed by atoms with Gasteiger partial charge in [0.1, 0.15) is 0 Å².